The molecule has 3 fully saturated rings. The summed E-state index contributed by atoms with van der Waals surface area (Å²) in [5, 5.41) is 10.6. The second-order valence-electron chi connectivity index (χ2n) is 12.7. The lowest BCUT2D eigenvalue weighted by atomic mass is 9.66. The van der Waals surface area contributed by atoms with Gasteiger partial charge in [-0.3, -0.25) is 14.4 Å². The van der Waals surface area contributed by atoms with Crippen molar-refractivity contribution in [2.45, 2.75) is 90.0 Å². The van der Waals surface area contributed by atoms with E-state index in [0.717, 1.165) is 12.8 Å². The Balaban J connectivity index is 1.81. The largest absolute Gasteiger partial charge is 0.494 e. The number of carbonyl (C=O) groups excluding carboxylic acids is 3. The van der Waals surface area contributed by atoms with Crippen LogP contribution in [0.5, 0.6) is 5.75 Å². The molecule has 9 nitrogen and oxygen atoms in total. The molecule has 3 amide bonds. The summed E-state index contributed by atoms with van der Waals surface area (Å²) >= 11 is 0. The molecule has 3 heterocycles. The van der Waals surface area contributed by atoms with Gasteiger partial charge in [-0.25, -0.2) is 0 Å². The molecule has 0 radical (unpaired) electrons. The van der Waals surface area contributed by atoms with Gasteiger partial charge in [0.25, 0.3) is 0 Å². The highest BCUT2D eigenvalue weighted by Crippen LogP contribution is 2.64. The summed E-state index contributed by atoms with van der Waals surface area (Å²) in [4.78, 5) is 49.0. The monoisotopic (exact) mass is 609 g/mol. The second kappa shape index (κ2) is 13.9. The van der Waals surface area contributed by atoms with Crippen molar-refractivity contribution in [1.29, 1.82) is 0 Å². The molecule has 0 aromatic heterocycles. The van der Waals surface area contributed by atoms with Gasteiger partial charge in [0.05, 0.1) is 36.7 Å². The first kappa shape index (κ1) is 33.7. The lowest BCUT2D eigenvalue weighted by Crippen LogP contribution is -2.60. The minimum absolute atomic E-state index is 0.0685. The molecule has 3 aliphatic rings. The van der Waals surface area contributed by atoms with Gasteiger partial charge in [-0.15, -0.1) is 13.2 Å². The minimum Gasteiger partial charge on any atom is -0.494 e. The Morgan fingerprint density at radius 3 is 2.39 bits per heavy atom. The molecular weight excluding hydrogens is 558 g/mol. The molecule has 242 valence electrons. The van der Waals surface area contributed by atoms with Crippen LogP contribution in [0.2, 0.25) is 0 Å². The van der Waals surface area contributed by atoms with Crippen LogP contribution in [0.1, 0.15) is 66.7 Å². The Morgan fingerprint density at radius 2 is 1.82 bits per heavy atom. The number of aliphatic hydroxyl groups is 1. The van der Waals surface area contributed by atoms with Crippen LogP contribution in [-0.2, 0) is 19.1 Å². The van der Waals surface area contributed by atoms with E-state index in [1.165, 1.54) is 0 Å². The van der Waals surface area contributed by atoms with Crippen LogP contribution in [0.15, 0.2) is 49.6 Å². The summed E-state index contributed by atoms with van der Waals surface area (Å²) in [7, 11) is 0. The highest BCUT2D eigenvalue weighted by molar-refractivity contribution is 6.03. The standard InChI is InChI=1S/C35H51N3O6/c1-8-13-22-36(20-9-2)33(42)30-35-19-18-34(7,44-35)28(29(35)32(41)38(30)27(23-39)24(6)11-4)31(40)37(21-10-3)25-14-16-26(17-15-25)43-12-5/h9-10,14-17,24,27-30,39H,2-3,8,11-13,18-23H2,1,4-7H3/t24-,27-,28+,29-,30?,34-,35?/m0/s1. The molecule has 1 aromatic rings. The van der Waals surface area contributed by atoms with Gasteiger partial charge >= 0.3 is 0 Å². The van der Waals surface area contributed by atoms with Crippen molar-refractivity contribution in [3.05, 3.63) is 49.6 Å². The van der Waals surface area contributed by atoms with Crippen LogP contribution in [0.25, 0.3) is 0 Å². The molecule has 1 N–H and O–H groups in total. The Kier molecular flexibility index (Phi) is 10.6. The summed E-state index contributed by atoms with van der Waals surface area (Å²) in [5.41, 5.74) is -1.43. The summed E-state index contributed by atoms with van der Waals surface area (Å²) in [5.74, 6) is -1.76. The average molecular weight is 610 g/mol. The summed E-state index contributed by atoms with van der Waals surface area (Å²) in [6, 6.07) is 5.78. The third kappa shape index (κ3) is 5.69. The maximum absolute atomic E-state index is 14.7. The first-order chi connectivity index (χ1) is 21.1. The van der Waals surface area contributed by atoms with E-state index in [1.54, 1.807) is 26.9 Å². The van der Waals surface area contributed by atoms with Gasteiger partial charge < -0.3 is 29.3 Å². The third-order valence-electron chi connectivity index (χ3n) is 10.0. The van der Waals surface area contributed by atoms with E-state index in [0.29, 0.717) is 50.4 Å². The van der Waals surface area contributed by atoms with Gasteiger partial charge in [-0.05, 0) is 63.3 Å². The fourth-order valence-corrected chi connectivity index (χ4v) is 7.67. The minimum atomic E-state index is -1.17. The quantitative estimate of drug-likeness (QED) is 0.275. The van der Waals surface area contributed by atoms with Crippen molar-refractivity contribution in [2.24, 2.45) is 17.8 Å². The lowest BCUT2D eigenvalue weighted by Gasteiger charge is -2.41. The molecule has 2 bridgehead atoms. The number of fused-ring (bicyclic) bond motifs is 1. The van der Waals surface area contributed by atoms with Crippen molar-refractivity contribution < 1.29 is 29.0 Å². The number of nitrogens with zero attached hydrogens (tertiary/aromatic N) is 3. The fraction of sp³-hybridized carbons (Fsp3) is 0.629. The zero-order chi connectivity index (χ0) is 32.2. The van der Waals surface area contributed by atoms with Crippen LogP contribution < -0.4 is 9.64 Å². The SMILES string of the molecule is C=CCN(CCCC)C(=O)C1N([C@@H](CO)[C@@H](C)CC)C(=O)[C@@H]2[C@H](C(=O)N(CC=C)c3ccc(OCC)cc3)[C@]3(C)CCC12O3. The summed E-state index contributed by atoms with van der Waals surface area (Å²) < 4.78 is 12.5. The smallest absolute Gasteiger partial charge is 0.248 e. The number of benzene rings is 1. The van der Waals surface area contributed by atoms with E-state index in [4.69, 9.17) is 9.47 Å². The normalized spacial score (nSPS) is 28.4. The van der Waals surface area contributed by atoms with Crippen LogP contribution in [0, 0.1) is 17.8 Å². The molecule has 7 atom stereocenters. The number of ether oxygens (including phenoxy) is 2. The van der Waals surface area contributed by atoms with Crippen molar-refractivity contribution in [3.8, 4) is 5.75 Å². The number of aliphatic hydroxyl groups excluding tert-OH is 1. The number of carbonyl (C=O) groups is 3. The number of hydrogen-bond donors (Lipinski definition) is 1. The predicted molar refractivity (Wildman–Crippen MR) is 171 cm³/mol. The average Bonchev–Trinajstić information content (AvgIpc) is 3.59. The first-order valence-corrected chi connectivity index (χ1v) is 16.3. The zero-order valence-electron chi connectivity index (χ0n) is 27.2. The van der Waals surface area contributed by atoms with E-state index in [1.807, 2.05) is 52.0 Å². The molecule has 1 spiro atoms. The lowest BCUT2D eigenvalue weighted by molar-refractivity contribution is -0.156. The maximum Gasteiger partial charge on any atom is 0.248 e. The summed E-state index contributed by atoms with van der Waals surface area (Å²) in [6.07, 6.45) is 6.82. The Bertz CT molecular complexity index is 1220. The number of amides is 3. The molecular formula is C35H51N3O6. The molecule has 4 rings (SSSR count). The van der Waals surface area contributed by atoms with Crippen LogP contribution in [0.3, 0.4) is 0 Å². The number of unbranched alkanes of at least 4 members (excludes halogenated alkanes) is 1. The van der Waals surface area contributed by atoms with Gasteiger partial charge in [-0.2, -0.15) is 0 Å². The molecule has 9 heteroatoms. The molecule has 44 heavy (non-hydrogen) atoms. The number of hydrogen-bond acceptors (Lipinski definition) is 6. The van der Waals surface area contributed by atoms with Gasteiger partial charge in [0.2, 0.25) is 17.7 Å². The van der Waals surface area contributed by atoms with Crippen LogP contribution in [-0.4, -0.2) is 88.8 Å². The fourth-order valence-electron chi connectivity index (χ4n) is 7.67. The third-order valence-corrected chi connectivity index (χ3v) is 10.0. The summed E-state index contributed by atoms with van der Waals surface area (Å²) in [6.45, 7) is 19.0. The Labute approximate surface area is 262 Å². The highest BCUT2D eigenvalue weighted by atomic mass is 16.5. The van der Waals surface area contributed by atoms with Crippen LogP contribution in [0.4, 0.5) is 5.69 Å². The van der Waals surface area contributed by atoms with E-state index < -0.39 is 35.1 Å². The molecule has 3 aliphatic heterocycles. The van der Waals surface area contributed by atoms with E-state index in [2.05, 4.69) is 20.1 Å². The molecule has 2 unspecified atom stereocenters. The molecule has 0 aliphatic carbocycles. The van der Waals surface area contributed by atoms with E-state index in [-0.39, 0.29) is 36.8 Å². The number of rotatable bonds is 16. The van der Waals surface area contributed by atoms with Crippen molar-refractivity contribution >= 4 is 23.4 Å². The number of anilines is 1. The number of likely N-dealkylation sites (tertiary alicyclic amines) is 1. The van der Waals surface area contributed by atoms with Gasteiger partial charge in [0.1, 0.15) is 17.4 Å². The molecule has 1 aromatic carbocycles. The molecule has 0 saturated carbocycles. The van der Waals surface area contributed by atoms with Gasteiger partial charge in [0, 0.05) is 25.3 Å². The van der Waals surface area contributed by atoms with Crippen molar-refractivity contribution in [3.63, 3.8) is 0 Å². The topological polar surface area (TPSA) is 99.6 Å². The Hall–Kier alpha value is -3.17. The van der Waals surface area contributed by atoms with Crippen LogP contribution >= 0.6 is 0 Å². The zero-order valence-corrected chi connectivity index (χ0v) is 27.2. The van der Waals surface area contributed by atoms with E-state index >= 15 is 0 Å². The van der Waals surface area contributed by atoms with Crippen molar-refractivity contribution in [2.75, 3.05) is 37.7 Å². The predicted octanol–water partition coefficient (Wildman–Crippen LogP) is 4.59. The van der Waals surface area contributed by atoms with Gasteiger partial charge in [0.15, 0.2) is 0 Å². The highest BCUT2D eigenvalue weighted by Gasteiger charge is 2.79. The Morgan fingerprint density at radius 1 is 1.14 bits per heavy atom. The maximum atomic E-state index is 14.7. The second-order valence-corrected chi connectivity index (χ2v) is 12.7. The first-order valence-electron chi connectivity index (χ1n) is 16.3. The molecule has 3 saturated heterocycles. The van der Waals surface area contributed by atoms with Gasteiger partial charge in [-0.1, -0.05) is 45.8 Å². The van der Waals surface area contributed by atoms with E-state index in [9.17, 15) is 19.5 Å². The van der Waals surface area contributed by atoms with Crippen molar-refractivity contribution in [1.82, 2.24) is 9.80 Å².